The summed E-state index contributed by atoms with van der Waals surface area (Å²) in [6.07, 6.45) is 2.41. The van der Waals surface area contributed by atoms with Crippen molar-refractivity contribution >= 4 is 31.6 Å². The molecule has 1 spiro atoms. The number of benzene rings is 1. The highest BCUT2D eigenvalue weighted by Gasteiger charge is 2.54. The molecule has 0 saturated heterocycles. The monoisotopic (exact) mass is 481 g/mol. The molecule has 2 aliphatic rings. The highest BCUT2D eigenvalue weighted by atomic mass is 28.3. The first kappa shape index (κ1) is 24.4. The zero-order valence-corrected chi connectivity index (χ0v) is 22.0. The smallest absolute Gasteiger partial charge is 0.412 e. The number of hydrogen-bond donors (Lipinski definition) is 1. The van der Waals surface area contributed by atoms with E-state index in [1.807, 2.05) is 51.1 Å². The van der Waals surface area contributed by atoms with Crippen LogP contribution in [-0.4, -0.2) is 44.0 Å². The average molecular weight is 482 g/mol. The van der Waals surface area contributed by atoms with Crippen LogP contribution in [0.5, 0.6) is 0 Å². The SMILES string of the molecule is CC(C)(C)OC(=O)Nc1ccc2c(c1)C[C@@]1(C2)C(=O)N(COCC[Si](C)(C)C)c2ncccc21. The second-order valence-corrected chi connectivity index (χ2v) is 17.1. The molecule has 1 atom stereocenters. The van der Waals surface area contributed by atoms with Crippen LogP contribution >= 0.6 is 0 Å². The van der Waals surface area contributed by atoms with Crippen LogP contribution < -0.4 is 10.2 Å². The van der Waals surface area contributed by atoms with E-state index in [0.717, 1.165) is 22.7 Å². The fraction of sp³-hybridized carbons (Fsp3) is 0.500. The average Bonchev–Trinajstić information content (AvgIpc) is 3.20. The van der Waals surface area contributed by atoms with Gasteiger partial charge in [0.15, 0.2) is 0 Å². The first-order valence-electron chi connectivity index (χ1n) is 11.9. The van der Waals surface area contributed by atoms with Crippen LogP contribution in [0.1, 0.15) is 37.5 Å². The first-order chi connectivity index (χ1) is 15.9. The molecular weight excluding hydrogens is 446 g/mol. The molecule has 2 heterocycles. The Morgan fingerprint density at radius 3 is 2.62 bits per heavy atom. The quantitative estimate of drug-likeness (QED) is 0.457. The van der Waals surface area contributed by atoms with Crippen molar-refractivity contribution in [2.24, 2.45) is 0 Å². The molecule has 2 amide bonds. The van der Waals surface area contributed by atoms with Crippen molar-refractivity contribution in [1.29, 1.82) is 0 Å². The lowest BCUT2D eigenvalue weighted by molar-refractivity contribution is -0.124. The van der Waals surface area contributed by atoms with Gasteiger partial charge in [-0.25, -0.2) is 9.78 Å². The van der Waals surface area contributed by atoms with Crippen molar-refractivity contribution < 1.29 is 19.1 Å². The minimum Gasteiger partial charge on any atom is -0.444 e. The lowest BCUT2D eigenvalue weighted by Gasteiger charge is -2.23. The Bertz CT molecular complexity index is 1110. The second kappa shape index (κ2) is 8.81. The minimum absolute atomic E-state index is 0.0343. The molecule has 0 saturated carbocycles. The molecule has 2 aromatic rings. The normalized spacial score (nSPS) is 19.4. The van der Waals surface area contributed by atoms with E-state index in [1.54, 1.807) is 11.1 Å². The van der Waals surface area contributed by atoms with Crippen LogP contribution in [0.4, 0.5) is 16.3 Å². The Morgan fingerprint density at radius 1 is 1.18 bits per heavy atom. The minimum atomic E-state index is -1.21. The first-order valence-corrected chi connectivity index (χ1v) is 15.6. The highest BCUT2D eigenvalue weighted by Crippen LogP contribution is 2.49. The van der Waals surface area contributed by atoms with Gasteiger partial charge in [0.1, 0.15) is 18.1 Å². The summed E-state index contributed by atoms with van der Waals surface area (Å²) in [5.74, 6) is 0.729. The maximum absolute atomic E-state index is 13.8. The molecule has 0 unspecified atom stereocenters. The van der Waals surface area contributed by atoms with Gasteiger partial charge in [0.2, 0.25) is 5.91 Å². The summed E-state index contributed by atoms with van der Waals surface area (Å²) in [7, 11) is -1.21. The van der Waals surface area contributed by atoms with Gasteiger partial charge in [-0.3, -0.25) is 15.0 Å². The summed E-state index contributed by atoms with van der Waals surface area (Å²) in [5.41, 5.74) is 2.52. The van der Waals surface area contributed by atoms with E-state index in [2.05, 4.69) is 29.9 Å². The van der Waals surface area contributed by atoms with Crippen LogP contribution in [0.15, 0.2) is 36.5 Å². The van der Waals surface area contributed by atoms with Gasteiger partial charge >= 0.3 is 6.09 Å². The molecule has 182 valence electrons. The fourth-order valence-corrected chi connectivity index (χ4v) is 5.38. The molecule has 1 N–H and O–H groups in total. The highest BCUT2D eigenvalue weighted by molar-refractivity contribution is 6.76. The number of carbonyl (C=O) groups is 2. The lowest BCUT2D eigenvalue weighted by Crippen LogP contribution is -2.42. The van der Waals surface area contributed by atoms with Gasteiger partial charge in [0, 0.05) is 32.1 Å². The van der Waals surface area contributed by atoms with Crippen molar-refractivity contribution in [2.45, 2.75) is 70.3 Å². The second-order valence-electron chi connectivity index (χ2n) is 11.5. The summed E-state index contributed by atoms with van der Waals surface area (Å²) in [6.45, 7) is 13.3. The van der Waals surface area contributed by atoms with Crippen LogP contribution in [-0.2, 0) is 32.5 Å². The van der Waals surface area contributed by atoms with Gasteiger partial charge in [-0.2, -0.15) is 0 Å². The van der Waals surface area contributed by atoms with E-state index in [0.29, 0.717) is 31.0 Å². The van der Waals surface area contributed by atoms with Crippen LogP contribution in [0.25, 0.3) is 0 Å². The summed E-state index contributed by atoms with van der Waals surface area (Å²) < 4.78 is 11.3. The number of anilines is 2. The molecule has 4 rings (SSSR count). The van der Waals surface area contributed by atoms with Gasteiger partial charge in [0.05, 0.1) is 5.41 Å². The summed E-state index contributed by atoms with van der Waals surface area (Å²) in [4.78, 5) is 32.3. The number of amides is 2. The van der Waals surface area contributed by atoms with Crippen molar-refractivity contribution in [3.63, 3.8) is 0 Å². The number of rotatable bonds is 6. The van der Waals surface area contributed by atoms with Gasteiger partial charge < -0.3 is 9.47 Å². The summed E-state index contributed by atoms with van der Waals surface area (Å²) in [5, 5.41) is 2.81. The third-order valence-corrected chi connectivity index (χ3v) is 7.97. The van der Waals surface area contributed by atoms with Crippen molar-refractivity contribution in [1.82, 2.24) is 4.98 Å². The third kappa shape index (κ3) is 5.03. The van der Waals surface area contributed by atoms with Crippen molar-refractivity contribution in [3.8, 4) is 0 Å². The van der Waals surface area contributed by atoms with E-state index >= 15 is 0 Å². The van der Waals surface area contributed by atoms with Crippen molar-refractivity contribution in [2.75, 3.05) is 23.6 Å². The molecule has 0 bridgehead atoms. The molecule has 1 aromatic carbocycles. The maximum Gasteiger partial charge on any atom is 0.412 e. The number of fused-ring (bicyclic) bond motifs is 3. The summed E-state index contributed by atoms with van der Waals surface area (Å²) in [6, 6.07) is 10.8. The third-order valence-electron chi connectivity index (χ3n) is 6.27. The van der Waals surface area contributed by atoms with Gasteiger partial charge in [-0.1, -0.05) is 31.8 Å². The predicted octanol–water partition coefficient (Wildman–Crippen LogP) is 5.12. The van der Waals surface area contributed by atoms with E-state index in [-0.39, 0.29) is 12.6 Å². The molecule has 1 aromatic heterocycles. The standard InChI is InChI=1S/C26H35N3O4Si/c1-25(2,3)33-24(31)28-20-10-9-18-15-26(16-19(18)14-20)21-8-7-11-27-22(21)29(23(26)30)17-32-12-13-34(4,5)6/h7-11,14H,12-13,15-17H2,1-6H3,(H,28,31)/t26-/m1/s1. The molecule has 0 radical (unpaired) electrons. The Morgan fingerprint density at radius 2 is 1.91 bits per heavy atom. The van der Waals surface area contributed by atoms with Gasteiger partial charge in [-0.05, 0) is 69.0 Å². The lowest BCUT2D eigenvalue weighted by atomic mass is 9.79. The number of aromatic nitrogens is 1. The van der Waals surface area contributed by atoms with Crippen molar-refractivity contribution in [3.05, 3.63) is 53.2 Å². The molecule has 0 fully saturated rings. The topological polar surface area (TPSA) is 80.8 Å². The predicted molar refractivity (Wildman–Crippen MR) is 136 cm³/mol. The zero-order valence-electron chi connectivity index (χ0n) is 21.0. The largest absolute Gasteiger partial charge is 0.444 e. The van der Waals surface area contributed by atoms with Crippen LogP contribution in [0, 0.1) is 0 Å². The number of nitrogens with one attached hydrogen (secondary N) is 1. The zero-order chi connectivity index (χ0) is 24.7. The van der Waals surface area contributed by atoms with Gasteiger partial charge in [-0.15, -0.1) is 0 Å². The molecule has 8 heteroatoms. The number of nitrogens with zero attached hydrogens (tertiary/aromatic N) is 2. The van der Waals surface area contributed by atoms with Crippen LogP contribution in [0.2, 0.25) is 25.7 Å². The fourth-order valence-electron chi connectivity index (χ4n) is 4.63. The summed E-state index contributed by atoms with van der Waals surface area (Å²) >= 11 is 0. The molecule has 1 aliphatic carbocycles. The van der Waals surface area contributed by atoms with E-state index in [4.69, 9.17) is 9.47 Å². The number of carbonyl (C=O) groups excluding carboxylic acids is 2. The number of ether oxygens (including phenoxy) is 2. The molecule has 1 aliphatic heterocycles. The van der Waals surface area contributed by atoms with E-state index < -0.39 is 25.2 Å². The molecular formula is C26H35N3O4Si. The number of pyridine rings is 1. The molecule has 34 heavy (non-hydrogen) atoms. The van der Waals surface area contributed by atoms with Crippen LogP contribution in [0.3, 0.4) is 0 Å². The Kier molecular flexibility index (Phi) is 6.33. The Hall–Kier alpha value is -2.71. The maximum atomic E-state index is 13.8. The van der Waals surface area contributed by atoms with E-state index in [9.17, 15) is 9.59 Å². The van der Waals surface area contributed by atoms with Gasteiger partial charge in [0.25, 0.3) is 0 Å². The number of hydrogen-bond acceptors (Lipinski definition) is 5. The van der Waals surface area contributed by atoms with E-state index in [1.165, 1.54) is 0 Å². The Labute approximate surface area is 202 Å². The molecule has 7 nitrogen and oxygen atoms in total. The Balaban J connectivity index is 1.53.